The van der Waals surface area contributed by atoms with E-state index in [1.807, 2.05) is 6.08 Å². The van der Waals surface area contributed by atoms with Crippen molar-refractivity contribution in [3.05, 3.63) is 72.9 Å². The molecule has 75 heavy (non-hydrogen) atoms. The molecule has 0 aromatic carbocycles. The van der Waals surface area contributed by atoms with Crippen molar-refractivity contribution in [2.75, 3.05) is 13.2 Å². The summed E-state index contributed by atoms with van der Waals surface area (Å²) >= 11 is 0. The summed E-state index contributed by atoms with van der Waals surface area (Å²) in [6, 6.07) is -1.04. The lowest BCUT2D eigenvalue weighted by atomic mass is 9.99. The first kappa shape index (κ1) is 70.1. The maximum atomic E-state index is 13.4. The Morgan fingerprint density at radius 1 is 0.520 bits per heavy atom. The summed E-state index contributed by atoms with van der Waals surface area (Å²) < 4.78 is 17.6. The SMILES string of the molecule is CCCCC/C=C\C/C=C\C/C=C\C/C=C\CCCCCCC(O)C(=O)NC(COC1OC(CO)C(O)C(O)C1OC(=O)CCCCC/C=C\CCCCCCCCC)C(O)/C=C/CCCCCCCCCCCC. The summed E-state index contributed by atoms with van der Waals surface area (Å²) in [7, 11) is 0. The van der Waals surface area contributed by atoms with Crippen LogP contribution in [-0.2, 0) is 23.8 Å². The molecule has 1 rings (SSSR count). The molecule has 434 valence electrons. The molecule has 1 fully saturated rings. The lowest BCUT2D eigenvalue weighted by Gasteiger charge is -2.41. The van der Waals surface area contributed by atoms with Crippen LogP contribution in [0.5, 0.6) is 0 Å². The molecule has 0 aromatic rings. The van der Waals surface area contributed by atoms with Crippen LogP contribution in [0.2, 0.25) is 0 Å². The number of carbonyl (C=O) groups excluding carboxylic acids is 2. The van der Waals surface area contributed by atoms with Gasteiger partial charge in [-0.15, -0.1) is 0 Å². The molecule has 1 saturated heterocycles. The molecule has 11 nitrogen and oxygen atoms in total. The predicted octanol–water partition coefficient (Wildman–Crippen LogP) is 14.4. The van der Waals surface area contributed by atoms with E-state index in [9.17, 15) is 35.1 Å². The minimum absolute atomic E-state index is 0.0989. The number of hydrogen-bond acceptors (Lipinski definition) is 10. The maximum absolute atomic E-state index is 13.4. The normalized spacial score (nSPS) is 19.7. The van der Waals surface area contributed by atoms with Crippen molar-refractivity contribution in [1.82, 2.24) is 5.32 Å². The Hall–Kier alpha value is -2.90. The number of esters is 1. The second-order valence-electron chi connectivity index (χ2n) is 21.1. The average molecular weight is 1060 g/mol. The number of ether oxygens (including phenoxy) is 3. The second-order valence-corrected chi connectivity index (χ2v) is 21.1. The lowest BCUT2D eigenvalue weighted by Crippen LogP contribution is -2.61. The standard InChI is InChI=1S/C64H113NO10/c1-4-7-10-13-16-19-22-25-27-28-29-30-31-32-33-36-39-42-45-48-51-57(68)63(72)65-55(56(67)50-47-44-41-38-35-24-21-18-15-12-9-6-3)54-73-64-62(61(71)60(70)58(53-66)74-64)75-59(69)52-49-46-43-40-37-34-26-23-20-17-14-11-8-5-2/h16,19,25,27,29-30,32-34,37,47,50,55-58,60-62,64,66-68,70-71H,4-15,17-18,20-24,26,28,31,35-36,38-46,48-49,51-54H2,1-3H3,(H,65,72)/b19-16-,27-25-,30-29-,33-32-,37-34-,50-47+. The van der Waals surface area contributed by atoms with Crippen LogP contribution in [0.1, 0.15) is 258 Å². The number of nitrogens with one attached hydrogen (secondary N) is 1. The van der Waals surface area contributed by atoms with Crippen LogP contribution in [0.4, 0.5) is 0 Å². The number of amides is 1. The molecule has 0 bridgehead atoms. The van der Waals surface area contributed by atoms with E-state index in [0.29, 0.717) is 12.8 Å². The van der Waals surface area contributed by atoms with E-state index < -0.39 is 67.4 Å². The molecule has 1 heterocycles. The third kappa shape index (κ3) is 40.0. The number of allylic oxidation sites excluding steroid dienone is 11. The minimum Gasteiger partial charge on any atom is -0.454 e. The monoisotopic (exact) mass is 1060 g/mol. The predicted molar refractivity (Wildman–Crippen MR) is 310 cm³/mol. The van der Waals surface area contributed by atoms with Gasteiger partial charge in [0, 0.05) is 6.42 Å². The van der Waals surface area contributed by atoms with Crippen molar-refractivity contribution in [2.45, 2.75) is 307 Å². The van der Waals surface area contributed by atoms with Crippen LogP contribution < -0.4 is 5.32 Å². The molecule has 11 heteroatoms. The van der Waals surface area contributed by atoms with E-state index in [-0.39, 0.29) is 19.4 Å². The van der Waals surface area contributed by atoms with E-state index in [1.54, 1.807) is 6.08 Å². The van der Waals surface area contributed by atoms with Gasteiger partial charge in [-0.1, -0.05) is 229 Å². The van der Waals surface area contributed by atoms with Gasteiger partial charge in [-0.05, 0) is 96.3 Å². The van der Waals surface area contributed by atoms with Crippen molar-refractivity contribution in [3.63, 3.8) is 0 Å². The van der Waals surface area contributed by atoms with Crippen LogP contribution in [0.3, 0.4) is 0 Å². The van der Waals surface area contributed by atoms with E-state index >= 15 is 0 Å². The molecule has 0 aromatic heterocycles. The summed E-state index contributed by atoms with van der Waals surface area (Å²) in [4.78, 5) is 26.5. The molecule has 8 atom stereocenters. The molecule has 0 radical (unpaired) electrons. The first-order valence-electron chi connectivity index (χ1n) is 30.7. The van der Waals surface area contributed by atoms with Crippen molar-refractivity contribution in [1.29, 1.82) is 0 Å². The first-order chi connectivity index (χ1) is 36.7. The summed E-state index contributed by atoms with van der Waals surface area (Å²) in [6.45, 7) is 5.73. The number of hydrogen-bond donors (Lipinski definition) is 6. The molecule has 0 saturated carbocycles. The van der Waals surface area contributed by atoms with E-state index in [0.717, 1.165) is 89.9 Å². The zero-order chi connectivity index (χ0) is 54.7. The van der Waals surface area contributed by atoms with Gasteiger partial charge in [-0.25, -0.2) is 0 Å². The fraction of sp³-hybridized carbons (Fsp3) is 0.781. The van der Waals surface area contributed by atoms with Gasteiger partial charge in [0.2, 0.25) is 5.91 Å². The molecule has 1 aliphatic rings. The summed E-state index contributed by atoms with van der Waals surface area (Å²) in [6.07, 6.45) is 55.1. The number of aliphatic hydroxyl groups is 5. The Bertz CT molecular complexity index is 1490. The highest BCUT2D eigenvalue weighted by atomic mass is 16.7. The van der Waals surface area contributed by atoms with Crippen LogP contribution >= 0.6 is 0 Å². The van der Waals surface area contributed by atoms with Crippen LogP contribution in [0.15, 0.2) is 72.9 Å². The number of carbonyl (C=O) groups is 2. The largest absolute Gasteiger partial charge is 0.454 e. The molecule has 0 aliphatic carbocycles. The minimum atomic E-state index is -1.62. The fourth-order valence-corrected chi connectivity index (χ4v) is 9.16. The van der Waals surface area contributed by atoms with Crippen LogP contribution in [0.25, 0.3) is 0 Å². The highest BCUT2D eigenvalue weighted by Gasteiger charge is 2.47. The molecule has 0 spiro atoms. The summed E-state index contributed by atoms with van der Waals surface area (Å²) in [5.74, 6) is -1.23. The second kappa shape index (κ2) is 51.8. The maximum Gasteiger partial charge on any atom is 0.306 e. The van der Waals surface area contributed by atoms with E-state index in [1.165, 1.54) is 122 Å². The van der Waals surface area contributed by atoms with Crippen molar-refractivity contribution in [2.24, 2.45) is 0 Å². The van der Waals surface area contributed by atoms with Gasteiger partial charge < -0.3 is 45.1 Å². The number of aliphatic hydroxyl groups excluding tert-OH is 5. The quantitative estimate of drug-likeness (QED) is 0.0195. The third-order valence-electron chi connectivity index (χ3n) is 14.1. The van der Waals surface area contributed by atoms with Gasteiger partial charge in [0.15, 0.2) is 12.4 Å². The molecule has 8 unspecified atom stereocenters. The van der Waals surface area contributed by atoms with Crippen molar-refractivity contribution in [3.8, 4) is 0 Å². The molecular weight excluding hydrogens is 943 g/mol. The molecular formula is C64H113NO10. The van der Waals surface area contributed by atoms with E-state index in [2.05, 4.69) is 86.8 Å². The van der Waals surface area contributed by atoms with Gasteiger partial charge >= 0.3 is 5.97 Å². The highest BCUT2D eigenvalue weighted by molar-refractivity contribution is 5.80. The van der Waals surface area contributed by atoms with Gasteiger partial charge in [-0.3, -0.25) is 9.59 Å². The lowest BCUT2D eigenvalue weighted by molar-refractivity contribution is -0.305. The van der Waals surface area contributed by atoms with Gasteiger partial charge in [-0.2, -0.15) is 0 Å². The Morgan fingerprint density at radius 2 is 0.920 bits per heavy atom. The first-order valence-corrected chi connectivity index (χ1v) is 30.7. The average Bonchev–Trinajstić information content (AvgIpc) is 3.41. The Balaban J connectivity index is 2.72. The van der Waals surface area contributed by atoms with Crippen molar-refractivity contribution >= 4 is 11.9 Å². The Morgan fingerprint density at radius 3 is 1.41 bits per heavy atom. The zero-order valence-electron chi connectivity index (χ0n) is 47.9. The summed E-state index contributed by atoms with van der Waals surface area (Å²) in [5, 5.41) is 56.9. The Kier molecular flexibility index (Phi) is 48.5. The Labute approximate surface area is 458 Å². The smallest absolute Gasteiger partial charge is 0.306 e. The molecule has 1 aliphatic heterocycles. The topological polar surface area (TPSA) is 175 Å². The highest BCUT2D eigenvalue weighted by Crippen LogP contribution is 2.26. The van der Waals surface area contributed by atoms with Gasteiger partial charge in [0.25, 0.3) is 0 Å². The third-order valence-corrected chi connectivity index (χ3v) is 14.1. The number of rotatable bonds is 51. The molecule has 6 N–H and O–H groups in total. The van der Waals surface area contributed by atoms with Gasteiger partial charge in [0.05, 0.1) is 25.4 Å². The fourth-order valence-electron chi connectivity index (χ4n) is 9.16. The van der Waals surface area contributed by atoms with E-state index in [4.69, 9.17) is 14.2 Å². The van der Waals surface area contributed by atoms with Crippen molar-refractivity contribution < 1.29 is 49.3 Å². The van der Waals surface area contributed by atoms with Gasteiger partial charge in [0.1, 0.15) is 24.4 Å². The van der Waals surface area contributed by atoms with Crippen LogP contribution in [0, 0.1) is 0 Å². The zero-order valence-corrected chi connectivity index (χ0v) is 47.9. The van der Waals surface area contributed by atoms with Crippen LogP contribution in [-0.4, -0.2) is 99.6 Å². The summed E-state index contributed by atoms with van der Waals surface area (Å²) in [5.41, 5.74) is 0. The molecule has 1 amide bonds. The number of unbranched alkanes of at least 4 members (excludes halogenated alkanes) is 27.